The smallest absolute Gasteiger partial charge is 0.192 e. The summed E-state index contributed by atoms with van der Waals surface area (Å²) in [4.78, 5) is 0. The zero-order valence-electron chi connectivity index (χ0n) is 15.4. The average Bonchev–Trinajstić information content (AvgIpc) is 2.49. The normalized spacial score (nSPS) is 12.4. The molecule has 0 aliphatic heterocycles. The maximum Gasteiger partial charge on any atom is 0.192 e. The van der Waals surface area contributed by atoms with Crippen molar-refractivity contribution in [3.63, 3.8) is 0 Å². The predicted octanol–water partition coefficient (Wildman–Crippen LogP) is 4.93. The molecular formula is C19H32O3Si. The van der Waals surface area contributed by atoms with E-state index in [0.717, 1.165) is 0 Å². The van der Waals surface area contributed by atoms with Crippen LogP contribution in [0.4, 0.5) is 0 Å². The van der Waals surface area contributed by atoms with Crippen LogP contribution in [-0.4, -0.2) is 28.1 Å². The minimum Gasteiger partial charge on any atom is -0.413 e. The molecule has 0 bridgehead atoms. The summed E-state index contributed by atoms with van der Waals surface area (Å²) in [5.41, 5.74) is 2.39. The minimum absolute atomic E-state index is 0.244. The molecule has 0 fully saturated rings. The third-order valence-corrected chi connectivity index (χ3v) is 8.78. The molecule has 23 heavy (non-hydrogen) atoms. The van der Waals surface area contributed by atoms with E-state index in [4.69, 9.17) is 13.9 Å². The molecule has 1 aromatic rings. The monoisotopic (exact) mass is 336 g/mol. The van der Waals surface area contributed by atoms with Crippen molar-refractivity contribution in [3.8, 4) is 0 Å². The number of ether oxygens (including phenoxy) is 2. The number of hydrogen-bond acceptors (Lipinski definition) is 3. The van der Waals surface area contributed by atoms with Gasteiger partial charge in [0.25, 0.3) is 0 Å². The van der Waals surface area contributed by atoms with Crippen molar-refractivity contribution in [2.75, 3.05) is 19.8 Å². The highest BCUT2D eigenvalue weighted by molar-refractivity contribution is 6.74. The van der Waals surface area contributed by atoms with Crippen molar-refractivity contribution >= 4 is 8.32 Å². The second kappa shape index (κ2) is 9.38. The molecule has 0 heterocycles. The summed E-state index contributed by atoms with van der Waals surface area (Å²) in [7, 11) is -1.68. The Morgan fingerprint density at radius 2 is 1.48 bits per heavy atom. The molecule has 0 spiro atoms. The molecule has 0 atom stereocenters. The van der Waals surface area contributed by atoms with Gasteiger partial charge in [-0.05, 0) is 29.3 Å². The van der Waals surface area contributed by atoms with Crippen LogP contribution in [0.15, 0.2) is 36.9 Å². The average molecular weight is 337 g/mol. The molecule has 0 aliphatic carbocycles. The molecule has 0 aliphatic rings. The Hall–Kier alpha value is -0.943. The molecular weight excluding hydrogens is 304 g/mol. The lowest BCUT2D eigenvalue weighted by atomic mass is 10.1. The van der Waals surface area contributed by atoms with Crippen LogP contribution in [-0.2, 0) is 27.1 Å². The molecule has 130 valence electrons. The van der Waals surface area contributed by atoms with Gasteiger partial charge in [-0.2, -0.15) is 0 Å². The maximum atomic E-state index is 6.24. The molecule has 4 heteroatoms. The van der Waals surface area contributed by atoms with Crippen molar-refractivity contribution in [3.05, 3.63) is 48.0 Å². The van der Waals surface area contributed by atoms with Crippen molar-refractivity contribution in [2.45, 2.75) is 52.1 Å². The largest absolute Gasteiger partial charge is 0.413 e. The molecule has 0 aromatic heterocycles. The van der Waals surface area contributed by atoms with Crippen LogP contribution in [0.2, 0.25) is 18.1 Å². The van der Waals surface area contributed by atoms with Crippen molar-refractivity contribution in [1.29, 1.82) is 0 Å². The van der Waals surface area contributed by atoms with Crippen LogP contribution >= 0.6 is 0 Å². The van der Waals surface area contributed by atoms with Crippen LogP contribution in [0, 0.1) is 0 Å². The van der Waals surface area contributed by atoms with E-state index in [1.54, 1.807) is 6.08 Å². The standard InChI is InChI=1S/C19H32O3Si/c1-7-12-20-13-14-21-15-17-8-10-18(11-9-17)16-22-23(5,6)19(2,3)4/h7-11H,1,12-16H2,2-6H3. The lowest BCUT2D eigenvalue weighted by molar-refractivity contribution is 0.0504. The summed E-state index contributed by atoms with van der Waals surface area (Å²) >= 11 is 0. The van der Waals surface area contributed by atoms with Crippen LogP contribution in [0.1, 0.15) is 31.9 Å². The first-order valence-corrected chi connectivity index (χ1v) is 11.2. The van der Waals surface area contributed by atoms with Crippen molar-refractivity contribution < 1.29 is 13.9 Å². The fraction of sp³-hybridized carbons (Fsp3) is 0.579. The summed E-state index contributed by atoms with van der Waals surface area (Å²) in [6, 6.07) is 8.46. The molecule has 1 rings (SSSR count). The summed E-state index contributed by atoms with van der Waals surface area (Å²) in [5.74, 6) is 0. The third-order valence-electron chi connectivity index (χ3n) is 4.31. The lowest BCUT2D eigenvalue weighted by Gasteiger charge is -2.36. The van der Waals surface area contributed by atoms with Gasteiger partial charge in [0.15, 0.2) is 8.32 Å². The first kappa shape index (κ1) is 20.1. The summed E-state index contributed by atoms with van der Waals surface area (Å²) < 4.78 is 17.1. The number of hydrogen-bond donors (Lipinski definition) is 0. The Kier molecular flexibility index (Phi) is 8.20. The van der Waals surface area contributed by atoms with E-state index >= 15 is 0 Å². The zero-order chi connectivity index (χ0) is 17.3. The first-order chi connectivity index (χ1) is 10.8. The van der Waals surface area contributed by atoms with Gasteiger partial charge in [-0.15, -0.1) is 6.58 Å². The van der Waals surface area contributed by atoms with E-state index in [2.05, 4.69) is 64.7 Å². The lowest BCUT2D eigenvalue weighted by Crippen LogP contribution is -2.40. The highest BCUT2D eigenvalue weighted by Crippen LogP contribution is 2.37. The van der Waals surface area contributed by atoms with Gasteiger partial charge in [0.1, 0.15) is 0 Å². The van der Waals surface area contributed by atoms with E-state index < -0.39 is 8.32 Å². The Labute approximate surface area is 142 Å². The Morgan fingerprint density at radius 3 is 2.00 bits per heavy atom. The second-order valence-corrected chi connectivity index (χ2v) is 12.1. The molecule has 0 saturated carbocycles. The van der Waals surface area contributed by atoms with Gasteiger partial charge in [-0.25, -0.2) is 0 Å². The topological polar surface area (TPSA) is 27.7 Å². The van der Waals surface area contributed by atoms with E-state index in [0.29, 0.717) is 33.0 Å². The molecule has 1 aromatic carbocycles. The molecule has 0 N–H and O–H groups in total. The Balaban J connectivity index is 2.35. The third kappa shape index (κ3) is 7.44. The molecule has 0 unspecified atom stereocenters. The van der Waals surface area contributed by atoms with Crippen molar-refractivity contribution in [2.24, 2.45) is 0 Å². The molecule has 0 amide bonds. The van der Waals surface area contributed by atoms with Gasteiger partial charge in [0.05, 0.1) is 33.0 Å². The van der Waals surface area contributed by atoms with Gasteiger partial charge in [0.2, 0.25) is 0 Å². The van der Waals surface area contributed by atoms with Gasteiger partial charge < -0.3 is 13.9 Å². The SMILES string of the molecule is C=CCOCCOCc1ccc(CO[Si](C)(C)C(C)(C)C)cc1. The van der Waals surface area contributed by atoms with Crippen LogP contribution in [0.3, 0.4) is 0 Å². The zero-order valence-corrected chi connectivity index (χ0v) is 16.4. The molecule has 0 saturated heterocycles. The van der Waals surface area contributed by atoms with E-state index in [-0.39, 0.29) is 5.04 Å². The fourth-order valence-electron chi connectivity index (χ4n) is 1.69. The van der Waals surface area contributed by atoms with Gasteiger partial charge in [-0.1, -0.05) is 51.1 Å². The number of benzene rings is 1. The van der Waals surface area contributed by atoms with Crippen LogP contribution in [0.25, 0.3) is 0 Å². The van der Waals surface area contributed by atoms with E-state index in [1.807, 2.05) is 0 Å². The van der Waals surface area contributed by atoms with E-state index in [1.165, 1.54) is 11.1 Å². The Morgan fingerprint density at radius 1 is 0.957 bits per heavy atom. The molecule has 3 nitrogen and oxygen atoms in total. The van der Waals surface area contributed by atoms with Gasteiger partial charge in [0, 0.05) is 0 Å². The highest BCUT2D eigenvalue weighted by Gasteiger charge is 2.36. The van der Waals surface area contributed by atoms with Crippen LogP contribution < -0.4 is 0 Å². The second-order valence-electron chi connectivity index (χ2n) is 7.28. The molecule has 0 radical (unpaired) electrons. The maximum absolute atomic E-state index is 6.24. The Bertz CT molecular complexity index is 460. The summed E-state index contributed by atoms with van der Waals surface area (Å²) in [6.07, 6.45) is 1.74. The minimum atomic E-state index is -1.68. The predicted molar refractivity (Wildman–Crippen MR) is 99.1 cm³/mol. The summed E-state index contributed by atoms with van der Waals surface area (Å²) in [6.45, 7) is 18.0. The highest BCUT2D eigenvalue weighted by atomic mass is 28.4. The number of rotatable bonds is 10. The summed E-state index contributed by atoms with van der Waals surface area (Å²) in [5, 5.41) is 0.244. The quantitative estimate of drug-likeness (QED) is 0.344. The van der Waals surface area contributed by atoms with Gasteiger partial charge in [-0.3, -0.25) is 0 Å². The van der Waals surface area contributed by atoms with Crippen LogP contribution in [0.5, 0.6) is 0 Å². The van der Waals surface area contributed by atoms with Gasteiger partial charge >= 0.3 is 0 Å². The first-order valence-electron chi connectivity index (χ1n) is 8.24. The fourth-order valence-corrected chi connectivity index (χ4v) is 2.65. The van der Waals surface area contributed by atoms with E-state index in [9.17, 15) is 0 Å². The van der Waals surface area contributed by atoms with Crippen molar-refractivity contribution in [1.82, 2.24) is 0 Å².